The molecule has 160 valence electrons. The molecule has 1 fully saturated rings. The number of aromatic nitrogens is 2. The molecule has 0 unspecified atom stereocenters. The number of likely N-dealkylation sites (tertiary alicyclic amines) is 1. The molecule has 2 amide bonds. The van der Waals surface area contributed by atoms with E-state index in [4.69, 9.17) is 4.42 Å². The van der Waals surface area contributed by atoms with Crippen molar-refractivity contribution in [1.29, 1.82) is 0 Å². The van der Waals surface area contributed by atoms with Crippen LogP contribution in [0.4, 0.5) is 0 Å². The van der Waals surface area contributed by atoms with Crippen molar-refractivity contribution in [3.63, 3.8) is 0 Å². The van der Waals surface area contributed by atoms with Crippen LogP contribution in [-0.4, -0.2) is 45.6 Å². The van der Waals surface area contributed by atoms with Crippen molar-refractivity contribution in [2.24, 2.45) is 0 Å². The Kier molecular flexibility index (Phi) is 6.02. The van der Waals surface area contributed by atoms with Crippen LogP contribution in [-0.2, 0) is 4.79 Å². The molecule has 1 saturated heterocycles. The number of nitrogens with one attached hydrogen (secondary N) is 1. The number of para-hydroxylation sites is 1. The van der Waals surface area contributed by atoms with Gasteiger partial charge in [0.25, 0.3) is 5.91 Å². The third-order valence-corrected chi connectivity index (χ3v) is 5.65. The van der Waals surface area contributed by atoms with Gasteiger partial charge in [0.2, 0.25) is 5.91 Å². The zero-order valence-corrected chi connectivity index (χ0v) is 17.7. The van der Waals surface area contributed by atoms with Crippen LogP contribution < -0.4 is 5.32 Å². The van der Waals surface area contributed by atoms with E-state index in [1.807, 2.05) is 54.9 Å². The predicted octanol–water partition coefficient (Wildman–Crippen LogP) is 3.52. The summed E-state index contributed by atoms with van der Waals surface area (Å²) in [6.07, 6.45) is 7.81. The Morgan fingerprint density at radius 3 is 2.55 bits per heavy atom. The van der Waals surface area contributed by atoms with Crippen LogP contribution in [0.1, 0.15) is 40.2 Å². The molecule has 3 aromatic rings. The topological polar surface area (TPSA) is 80.4 Å². The Morgan fingerprint density at radius 2 is 1.87 bits per heavy atom. The lowest BCUT2D eigenvalue weighted by molar-refractivity contribution is -0.117. The fourth-order valence-electron chi connectivity index (χ4n) is 3.92. The van der Waals surface area contributed by atoms with Crippen LogP contribution in [0.15, 0.2) is 59.4 Å². The van der Waals surface area contributed by atoms with E-state index in [0.717, 1.165) is 35.5 Å². The zero-order valence-electron chi connectivity index (χ0n) is 17.7. The monoisotopic (exact) mass is 418 g/mol. The van der Waals surface area contributed by atoms with Crippen molar-refractivity contribution in [2.45, 2.75) is 32.7 Å². The third kappa shape index (κ3) is 4.60. The number of hydrogen-bond acceptors (Lipinski definition) is 4. The number of aryl methyl sites for hydroxylation is 1. The number of benzene rings is 1. The Hall–Kier alpha value is -3.61. The Morgan fingerprint density at radius 1 is 1.13 bits per heavy atom. The van der Waals surface area contributed by atoms with Gasteiger partial charge in [-0.25, -0.2) is 4.68 Å². The fourth-order valence-corrected chi connectivity index (χ4v) is 3.92. The molecular weight excluding hydrogens is 392 g/mol. The molecule has 0 bridgehead atoms. The van der Waals surface area contributed by atoms with Crippen LogP contribution in [0.5, 0.6) is 0 Å². The molecule has 1 aliphatic rings. The van der Waals surface area contributed by atoms with E-state index in [1.165, 1.54) is 12.5 Å². The lowest BCUT2D eigenvalue weighted by atomic mass is 10.0. The van der Waals surface area contributed by atoms with Gasteiger partial charge < -0.3 is 14.6 Å². The maximum atomic E-state index is 12.5. The molecule has 0 radical (unpaired) electrons. The average Bonchev–Trinajstić information content (AvgIpc) is 3.42. The lowest BCUT2D eigenvalue weighted by Crippen LogP contribution is -2.46. The minimum absolute atomic E-state index is 0.0280. The summed E-state index contributed by atoms with van der Waals surface area (Å²) in [6.45, 7) is 5.16. The van der Waals surface area contributed by atoms with Crippen molar-refractivity contribution in [1.82, 2.24) is 20.0 Å². The van der Waals surface area contributed by atoms with E-state index >= 15 is 0 Å². The van der Waals surface area contributed by atoms with Crippen LogP contribution in [0, 0.1) is 13.8 Å². The quantitative estimate of drug-likeness (QED) is 0.643. The molecule has 1 aliphatic heterocycles. The first-order valence-corrected chi connectivity index (χ1v) is 10.4. The van der Waals surface area contributed by atoms with E-state index in [0.29, 0.717) is 18.7 Å². The highest BCUT2D eigenvalue weighted by molar-refractivity contribution is 5.94. The largest absolute Gasteiger partial charge is 0.472 e. The summed E-state index contributed by atoms with van der Waals surface area (Å²) in [5.41, 5.74) is 4.35. The van der Waals surface area contributed by atoms with Gasteiger partial charge in [-0.1, -0.05) is 18.2 Å². The second-order valence-electron chi connectivity index (χ2n) is 7.75. The zero-order chi connectivity index (χ0) is 21.8. The van der Waals surface area contributed by atoms with Gasteiger partial charge in [-0.05, 0) is 51.0 Å². The number of rotatable bonds is 5. The molecule has 0 atom stereocenters. The fraction of sp³-hybridized carbons (Fsp3) is 0.292. The maximum Gasteiger partial charge on any atom is 0.257 e. The summed E-state index contributed by atoms with van der Waals surface area (Å²) in [5.74, 6) is -0.161. The van der Waals surface area contributed by atoms with E-state index in [9.17, 15) is 9.59 Å². The molecule has 0 saturated carbocycles. The number of nitrogens with zero attached hydrogens (tertiary/aromatic N) is 3. The molecule has 1 N–H and O–H groups in total. The number of carbonyl (C=O) groups excluding carboxylic acids is 2. The molecule has 7 heteroatoms. The summed E-state index contributed by atoms with van der Waals surface area (Å²) in [6, 6.07) is 11.7. The Labute approximate surface area is 181 Å². The maximum absolute atomic E-state index is 12.5. The molecule has 3 heterocycles. The van der Waals surface area contributed by atoms with Crippen molar-refractivity contribution in [3.05, 3.63) is 77.5 Å². The Balaban J connectivity index is 1.34. The first-order valence-electron chi connectivity index (χ1n) is 10.4. The van der Waals surface area contributed by atoms with E-state index in [-0.39, 0.29) is 17.9 Å². The minimum atomic E-state index is -0.133. The number of carbonyl (C=O) groups is 2. The number of hydrogen-bond donors (Lipinski definition) is 1. The summed E-state index contributed by atoms with van der Waals surface area (Å²) in [5, 5.41) is 7.66. The van der Waals surface area contributed by atoms with Gasteiger partial charge >= 0.3 is 0 Å². The summed E-state index contributed by atoms with van der Waals surface area (Å²) in [4.78, 5) is 26.6. The van der Waals surface area contributed by atoms with Crippen molar-refractivity contribution >= 4 is 17.9 Å². The second-order valence-corrected chi connectivity index (χ2v) is 7.75. The van der Waals surface area contributed by atoms with Crippen molar-refractivity contribution < 1.29 is 14.0 Å². The number of amides is 2. The highest BCUT2D eigenvalue weighted by Gasteiger charge is 2.24. The van der Waals surface area contributed by atoms with Gasteiger partial charge in [0.15, 0.2) is 0 Å². The molecule has 7 nitrogen and oxygen atoms in total. The highest BCUT2D eigenvalue weighted by atomic mass is 16.3. The number of piperidine rings is 1. The highest BCUT2D eigenvalue weighted by Crippen LogP contribution is 2.19. The van der Waals surface area contributed by atoms with Crippen LogP contribution in [0.25, 0.3) is 11.8 Å². The molecule has 1 aromatic carbocycles. The molecule has 4 rings (SSSR count). The smallest absolute Gasteiger partial charge is 0.257 e. The predicted molar refractivity (Wildman–Crippen MR) is 118 cm³/mol. The third-order valence-electron chi connectivity index (χ3n) is 5.65. The minimum Gasteiger partial charge on any atom is -0.472 e. The van der Waals surface area contributed by atoms with Gasteiger partial charge in [-0.3, -0.25) is 9.59 Å². The van der Waals surface area contributed by atoms with E-state index in [1.54, 1.807) is 17.0 Å². The van der Waals surface area contributed by atoms with E-state index < -0.39 is 0 Å². The first kappa shape index (κ1) is 20.7. The molecule has 2 aromatic heterocycles. The van der Waals surface area contributed by atoms with Crippen molar-refractivity contribution in [2.75, 3.05) is 13.1 Å². The van der Waals surface area contributed by atoms with Crippen molar-refractivity contribution in [3.8, 4) is 5.69 Å². The summed E-state index contributed by atoms with van der Waals surface area (Å²) in [7, 11) is 0. The molecule has 31 heavy (non-hydrogen) atoms. The molecular formula is C24H26N4O3. The van der Waals surface area contributed by atoms with Crippen LogP contribution in [0.3, 0.4) is 0 Å². The van der Waals surface area contributed by atoms with Gasteiger partial charge in [0.05, 0.1) is 23.2 Å². The van der Waals surface area contributed by atoms with Gasteiger partial charge in [-0.15, -0.1) is 0 Å². The average molecular weight is 418 g/mol. The molecule has 0 spiro atoms. The SMILES string of the molecule is Cc1nn(-c2ccccc2)c(C)c1/C=C/C(=O)NC1CCN(C(=O)c2ccoc2)CC1. The van der Waals surface area contributed by atoms with Crippen LogP contribution >= 0.6 is 0 Å². The first-order chi connectivity index (χ1) is 15.0. The number of furan rings is 1. The standard InChI is InChI=1S/C24H26N4O3/c1-17-22(18(2)28(26-17)21-6-4-3-5-7-21)8-9-23(29)25-20-10-13-27(14-11-20)24(30)19-12-15-31-16-19/h3-9,12,15-16,20H,10-11,13-14H2,1-2H3,(H,25,29)/b9-8+. The summed E-state index contributed by atoms with van der Waals surface area (Å²) < 4.78 is 6.88. The lowest BCUT2D eigenvalue weighted by Gasteiger charge is -2.32. The van der Waals surface area contributed by atoms with Gasteiger partial charge in [-0.2, -0.15) is 5.10 Å². The van der Waals surface area contributed by atoms with Crippen LogP contribution in [0.2, 0.25) is 0 Å². The summed E-state index contributed by atoms with van der Waals surface area (Å²) >= 11 is 0. The molecule has 0 aliphatic carbocycles. The van der Waals surface area contributed by atoms with E-state index in [2.05, 4.69) is 10.4 Å². The van der Waals surface area contributed by atoms with Gasteiger partial charge in [0.1, 0.15) is 6.26 Å². The Bertz CT molecular complexity index is 1080. The second kappa shape index (κ2) is 9.04. The normalized spacial score (nSPS) is 14.8. The van der Waals surface area contributed by atoms with Gasteiger partial charge in [0, 0.05) is 36.5 Å².